The zero-order chi connectivity index (χ0) is 14.9. The Labute approximate surface area is 120 Å². The van der Waals surface area contributed by atoms with Crippen LogP contribution >= 0.6 is 15.9 Å². The van der Waals surface area contributed by atoms with E-state index in [4.69, 9.17) is 0 Å². The predicted octanol–water partition coefficient (Wildman–Crippen LogP) is 5.06. The molecule has 0 aliphatic carbocycles. The van der Waals surface area contributed by atoms with E-state index in [0.29, 0.717) is 18.2 Å². The first kappa shape index (κ1) is 15.0. The summed E-state index contributed by atoms with van der Waals surface area (Å²) in [5, 5.41) is 0. The van der Waals surface area contributed by atoms with E-state index in [0.717, 1.165) is 6.07 Å². The zero-order valence-electron chi connectivity index (χ0n) is 9.94. The Morgan fingerprint density at radius 1 is 0.800 bits per heavy atom. The summed E-state index contributed by atoms with van der Waals surface area (Å²) in [5.41, 5.74) is -0.300. The van der Waals surface area contributed by atoms with E-state index in [1.54, 1.807) is 0 Å². The smallest absolute Gasteiger partial charge is 0.133 e. The molecular weight excluding hydrogens is 343 g/mol. The molecule has 2 aromatic carbocycles. The van der Waals surface area contributed by atoms with Crippen molar-refractivity contribution in [3.8, 4) is 0 Å². The van der Waals surface area contributed by atoms with Crippen molar-refractivity contribution >= 4 is 15.9 Å². The molecule has 1 unspecified atom stereocenters. The third-order valence-corrected chi connectivity index (χ3v) is 3.55. The topological polar surface area (TPSA) is 0 Å². The Bertz CT molecular complexity index is 618. The van der Waals surface area contributed by atoms with Gasteiger partial charge in [0.05, 0.1) is 0 Å². The Morgan fingerprint density at radius 2 is 1.35 bits per heavy atom. The molecule has 0 aliphatic rings. The summed E-state index contributed by atoms with van der Waals surface area (Å²) in [6.45, 7) is 0. The number of benzene rings is 2. The molecule has 0 aliphatic heterocycles. The third kappa shape index (κ3) is 3.17. The summed E-state index contributed by atoms with van der Waals surface area (Å²) in [4.78, 5) is -0.900. The van der Waals surface area contributed by atoms with E-state index in [2.05, 4.69) is 15.9 Å². The van der Waals surface area contributed by atoms with Crippen LogP contribution in [-0.2, 0) is 6.42 Å². The van der Waals surface area contributed by atoms with Crippen LogP contribution < -0.4 is 0 Å². The predicted molar refractivity (Wildman–Crippen MR) is 68.0 cm³/mol. The summed E-state index contributed by atoms with van der Waals surface area (Å²) < 4.78 is 66.2. The van der Waals surface area contributed by atoms with Crippen LogP contribution in [0.4, 0.5) is 22.0 Å². The molecule has 2 aromatic rings. The summed E-state index contributed by atoms with van der Waals surface area (Å²) in [5.74, 6) is -4.70. The van der Waals surface area contributed by atoms with Crippen molar-refractivity contribution in [2.45, 2.75) is 11.2 Å². The van der Waals surface area contributed by atoms with E-state index in [1.165, 1.54) is 6.07 Å². The maximum Gasteiger partial charge on any atom is 0.133 e. The lowest BCUT2D eigenvalue weighted by Crippen LogP contribution is -2.04. The van der Waals surface area contributed by atoms with Crippen LogP contribution in [0.25, 0.3) is 0 Å². The minimum Gasteiger partial charge on any atom is -0.207 e. The van der Waals surface area contributed by atoms with Crippen molar-refractivity contribution in [2.75, 3.05) is 0 Å². The molecule has 0 spiro atoms. The van der Waals surface area contributed by atoms with Crippen LogP contribution in [-0.4, -0.2) is 0 Å². The number of alkyl halides is 1. The Kier molecular flexibility index (Phi) is 4.42. The molecular formula is C14H8BrF5. The first-order chi connectivity index (χ1) is 9.38. The van der Waals surface area contributed by atoms with Gasteiger partial charge in [0.25, 0.3) is 0 Å². The molecule has 0 aromatic heterocycles. The maximum atomic E-state index is 13.6. The van der Waals surface area contributed by atoms with E-state index in [1.807, 2.05) is 0 Å². The van der Waals surface area contributed by atoms with E-state index in [-0.39, 0.29) is 12.0 Å². The Hall–Kier alpha value is -1.43. The summed E-state index contributed by atoms with van der Waals surface area (Å²) in [7, 11) is 0. The van der Waals surface area contributed by atoms with Crippen LogP contribution in [0, 0.1) is 29.1 Å². The highest BCUT2D eigenvalue weighted by molar-refractivity contribution is 9.09. The van der Waals surface area contributed by atoms with Crippen LogP contribution in [0.2, 0.25) is 0 Å². The molecule has 6 heteroatoms. The van der Waals surface area contributed by atoms with E-state index < -0.39 is 39.5 Å². The fraction of sp³-hybridized carbons (Fsp3) is 0.143. The molecule has 0 heterocycles. The summed E-state index contributed by atoms with van der Waals surface area (Å²) in [6, 6.07) is 4.03. The molecule has 106 valence electrons. The zero-order valence-corrected chi connectivity index (χ0v) is 11.5. The van der Waals surface area contributed by atoms with Crippen molar-refractivity contribution in [3.05, 3.63) is 70.5 Å². The number of hydrogen-bond donors (Lipinski definition) is 0. The molecule has 1 atom stereocenters. The molecule has 0 amide bonds. The van der Waals surface area contributed by atoms with Crippen molar-refractivity contribution in [2.24, 2.45) is 0 Å². The largest absolute Gasteiger partial charge is 0.207 e. The van der Waals surface area contributed by atoms with Gasteiger partial charge in [-0.3, -0.25) is 0 Å². The van der Waals surface area contributed by atoms with Crippen LogP contribution in [0.5, 0.6) is 0 Å². The van der Waals surface area contributed by atoms with Crippen molar-refractivity contribution in [1.29, 1.82) is 0 Å². The molecule has 0 bridgehead atoms. The summed E-state index contributed by atoms with van der Waals surface area (Å²) >= 11 is 3.04. The van der Waals surface area contributed by atoms with Crippen LogP contribution in [0.15, 0.2) is 30.3 Å². The van der Waals surface area contributed by atoms with Gasteiger partial charge < -0.3 is 0 Å². The average Bonchev–Trinajstić information content (AvgIpc) is 2.31. The highest BCUT2D eigenvalue weighted by Gasteiger charge is 2.20. The minimum atomic E-state index is -1.06. The minimum absolute atomic E-state index is 0.0939. The quantitative estimate of drug-likeness (QED) is 0.536. The number of halogens is 6. The van der Waals surface area contributed by atoms with Gasteiger partial charge in [0, 0.05) is 28.6 Å². The monoisotopic (exact) mass is 350 g/mol. The normalized spacial score (nSPS) is 12.5. The molecule has 0 N–H and O–H groups in total. The second kappa shape index (κ2) is 5.91. The first-order valence-electron chi connectivity index (χ1n) is 5.61. The Morgan fingerprint density at radius 3 is 1.90 bits per heavy atom. The van der Waals surface area contributed by atoms with Crippen molar-refractivity contribution in [3.63, 3.8) is 0 Å². The fourth-order valence-electron chi connectivity index (χ4n) is 1.83. The molecule has 2 rings (SSSR count). The standard InChI is InChI=1S/C14H8BrF5/c15-10(3-7-1-2-8(16)4-11(7)18)14-12(19)5-9(17)6-13(14)20/h1-2,4-6,10H,3H2. The van der Waals surface area contributed by atoms with Gasteiger partial charge in [-0.25, -0.2) is 22.0 Å². The lowest BCUT2D eigenvalue weighted by molar-refractivity contribution is 0.519. The van der Waals surface area contributed by atoms with Crippen molar-refractivity contribution in [1.82, 2.24) is 0 Å². The molecule has 0 saturated heterocycles. The van der Waals surface area contributed by atoms with Gasteiger partial charge in [-0.05, 0) is 18.1 Å². The lowest BCUT2D eigenvalue weighted by Gasteiger charge is -2.13. The molecule has 0 nitrogen and oxygen atoms in total. The van der Waals surface area contributed by atoms with Gasteiger partial charge in [0.1, 0.15) is 29.1 Å². The molecule has 0 radical (unpaired) electrons. The maximum absolute atomic E-state index is 13.6. The SMILES string of the molecule is Fc1ccc(CC(Br)c2c(F)cc(F)cc2F)c(F)c1. The molecule has 0 fully saturated rings. The highest BCUT2D eigenvalue weighted by Crippen LogP contribution is 2.32. The average molecular weight is 351 g/mol. The van der Waals surface area contributed by atoms with Crippen molar-refractivity contribution < 1.29 is 22.0 Å². The fourth-order valence-corrected chi connectivity index (χ4v) is 2.62. The molecule has 0 saturated carbocycles. The highest BCUT2D eigenvalue weighted by atomic mass is 79.9. The lowest BCUT2D eigenvalue weighted by atomic mass is 10.0. The van der Waals surface area contributed by atoms with Gasteiger partial charge in [-0.15, -0.1) is 0 Å². The second-order valence-corrected chi connectivity index (χ2v) is 5.30. The van der Waals surface area contributed by atoms with Gasteiger partial charge in [0.2, 0.25) is 0 Å². The first-order valence-corrected chi connectivity index (χ1v) is 6.52. The number of rotatable bonds is 3. The molecule has 20 heavy (non-hydrogen) atoms. The number of hydrogen-bond acceptors (Lipinski definition) is 0. The van der Waals surface area contributed by atoms with Gasteiger partial charge >= 0.3 is 0 Å². The van der Waals surface area contributed by atoms with Gasteiger partial charge in [-0.1, -0.05) is 22.0 Å². The van der Waals surface area contributed by atoms with E-state index in [9.17, 15) is 22.0 Å². The van der Waals surface area contributed by atoms with Crippen LogP contribution in [0.1, 0.15) is 16.0 Å². The summed E-state index contributed by atoms with van der Waals surface area (Å²) in [6.07, 6.45) is -0.106. The third-order valence-electron chi connectivity index (χ3n) is 2.77. The second-order valence-electron chi connectivity index (χ2n) is 4.19. The Balaban J connectivity index is 2.31. The van der Waals surface area contributed by atoms with E-state index >= 15 is 0 Å². The van der Waals surface area contributed by atoms with Crippen LogP contribution in [0.3, 0.4) is 0 Å². The van der Waals surface area contributed by atoms with Gasteiger partial charge in [-0.2, -0.15) is 0 Å². The van der Waals surface area contributed by atoms with Gasteiger partial charge in [0.15, 0.2) is 0 Å².